The van der Waals surface area contributed by atoms with Gasteiger partial charge in [0.15, 0.2) is 5.82 Å². The van der Waals surface area contributed by atoms with Crippen molar-refractivity contribution in [1.29, 1.82) is 0 Å². The Labute approximate surface area is 184 Å². The molecule has 0 radical (unpaired) electrons. The molecule has 0 spiro atoms. The van der Waals surface area contributed by atoms with E-state index in [1.807, 2.05) is 0 Å². The van der Waals surface area contributed by atoms with E-state index >= 15 is 4.39 Å². The first kappa shape index (κ1) is 22.1. The average Bonchev–Trinajstić information content (AvgIpc) is 2.88. The molecule has 11 heteroatoms. The van der Waals surface area contributed by atoms with Crippen molar-refractivity contribution in [2.24, 2.45) is 5.92 Å². The van der Waals surface area contributed by atoms with Gasteiger partial charge >= 0.3 is 16.3 Å². The summed E-state index contributed by atoms with van der Waals surface area (Å²) in [7, 11) is -4.27. The van der Waals surface area contributed by atoms with Crippen molar-refractivity contribution in [2.75, 3.05) is 23.9 Å². The number of hydrogen-bond donors (Lipinski definition) is 2. The number of ether oxygens (including phenoxy) is 1. The molecule has 2 aromatic rings. The van der Waals surface area contributed by atoms with Crippen LogP contribution in [0.2, 0.25) is 0 Å². The first-order chi connectivity index (χ1) is 14.8. The van der Waals surface area contributed by atoms with Gasteiger partial charge in [-0.2, -0.15) is 8.42 Å². The molecule has 172 valence electrons. The van der Waals surface area contributed by atoms with Gasteiger partial charge in [-0.1, -0.05) is 12.1 Å². The molecule has 2 aliphatic heterocycles. The Morgan fingerprint density at radius 1 is 1.28 bits per heavy atom. The predicted molar refractivity (Wildman–Crippen MR) is 115 cm³/mol. The lowest BCUT2D eigenvalue weighted by molar-refractivity contribution is -0.117. The van der Waals surface area contributed by atoms with Crippen LogP contribution in [0, 0.1) is 11.7 Å². The SMILES string of the molecule is CC(C)(C)OC(=O)N1CC(Cc2ccc3cc(O)c(N4CC(=O)NS4(=O)=O)c(F)c3c2)C1. The number of carbonyl (C=O) groups excluding carboxylic acids is 2. The zero-order valence-electron chi connectivity index (χ0n) is 17.9. The second kappa shape index (κ2) is 7.51. The lowest BCUT2D eigenvalue weighted by Crippen LogP contribution is -2.52. The fourth-order valence-corrected chi connectivity index (χ4v) is 5.06. The highest BCUT2D eigenvalue weighted by atomic mass is 32.2. The minimum atomic E-state index is -4.27. The molecule has 2 aliphatic rings. The van der Waals surface area contributed by atoms with E-state index in [0.717, 1.165) is 5.56 Å². The number of aromatic hydroxyl groups is 1. The normalized spacial score (nSPS) is 18.6. The number of halogens is 1. The van der Waals surface area contributed by atoms with Crippen LogP contribution >= 0.6 is 0 Å². The first-order valence-electron chi connectivity index (χ1n) is 10.1. The first-order valence-corrected chi connectivity index (χ1v) is 11.5. The minimum Gasteiger partial charge on any atom is -0.506 e. The molecule has 2 saturated heterocycles. The number of benzene rings is 2. The second-order valence-electron chi connectivity index (χ2n) is 9.11. The quantitative estimate of drug-likeness (QED) is 0.719. The van der Waals surface area contributed by atoms with Crippen LogP contribution in [0.1, 0.15) is 26.3 Å². The van der Waals surface area contributed by atoms with Crippen LogP contribution in [-0.4, -0.2) is 55.7 Å². The fourth-order valence-electron chi connectivity index (χ4n) is 3.89. The van der Waals surface area contributed by atoms with Gasteiger partial charge in [0.1, 0.15) is 23.6 Å². The van der Waals surface area contributed by atoms with Gasteiger partial charge in [-0.3, -0.25) is 4.79 Å². The number of rotatable bonds is 3. The summed E-state index contributed by atoms with van der Waals surface area (Å²) in [6.45, 7) is 5.85. The highest BCUT2D eigenvalue weighted by molar-refractivity contribution is 7.92. The van der Waals surface area contributed by atoms with Gasteiger partial charge in [0.25, 0.3) is 5.91 Å². The number of fused-ring (bicyclic) bond motifs is 1. The van der Waals surface area contributed by atoms with Crippen LogP contribution in [0.15, 0.2) is 24.3 Å². The molecule has 0 aliphatic carbocycles. The van der Waals surface area contributed by atoms with Gasteiger partial charge in [-0.05, 0) is 56.2 Å². The maximum Gasteiger partial charge on any atom is 0.410 e. The molecule has 0 bridgehead atoms. The summed E-state index contributed by atoms with van der Waals surface area (Å²) in [5, 5.41) is 10.8. The van der Waals surface area contributed by atoms with Crippen LogP contribution in [0.4, 0.5) is 14.9 Å². The number of likely N-dealkylation sites (tertiary alicyclic amines) is 1. The van der Waals surface area contributed by atoms with Crippen LogP contribution in [0.25, 0.3) is 10.8 Å². The molecule has 9 nitrogen and oxygen atoms in total. The number of amides is 2. The predicted octanol–water partition coefficient (Wildman–Crippen LogP) is 2.27. The Morgan fingerprint density at radius 3 is 2.56 bits per heavy atom. The zero-order valence-corrected chi connectivity index (χ0v) is 18.7. The van der Waals surface area contributed by atoms with E-state index in [0.29, 0.717) is 29.2 Å². The number of anilines is 1. The summed E-state index contributed by atoms with van der Waals surface area (Å²) < 4.78 is 47.2. The Morgan fingerprint density at radius 2 is 1.97 bits per heavy atom. The number of nitrogens with zero attached hydrogens (tertiary/aromatic N) is 2. The van der Waals surface area contributed by atoms with Crippen molar-refractivity contribution in [3.8, 4) is 5.75 Å². The summed E-state index contributed by atoms with van der Waals surface area (Å²) >= 11 is 0. The third kappa shape index (κ3) is 4.16. The van der Waals surface area contributed by atoms with Gasteiger partial charge in [0, 0.05) is 18.5 Å². The van der Waals surface area contributed by atoms with E-state index in [9.17, 15) is 23.1 Å². The smallest absolute Gasteiger partial charge is 0.410 e. The molecule has 0 saturated carbocycles. The molecule has 2 heterocycles. The van der Waals surface area contributed by atoms with Crippen molar-refractivity contribution in [3.05, 3.63) is 35.6 Å². The third-order valence-electron chi connectivity index (χ3n) is 5.30. The molecule has 32 heavy (non-hydrogen) atoms. The number of hydrogen-bond acceptors (Lipinski definition) is 6. The fraction of sp³-hybridized carbons (Fsp3) is 0.429. The monoisotopic (exact) mass is 465 g/mol. The summed E-state index contributed by atoms with van der Waals surface area (Å²) in [6, 6.07) is 6.31. The highest BCUT2D eigenvalue weighted by Crippen LogP contribution is 2.39. The van der Waals surface area contributed by atoms with Crippen LogP contribution in [-0.2, 0) is 26.2 Å². The highest BCUT2D eigenvalue weighted by Gasteiger charge is 2.38. The number of phenols is 1. The standard InChI is InChI=1S/C21H24FN3O6S/c1-21(2,3)31-20(28)24-9-13(10-24)6-12-4-5-14-8-16(26)19(18(22)15(14)7-12)25-11-17(27)23-32(25,29)30/h4-5,7-8,13,26H,6,9-11H2,1-3H3,(H,23,27). The number of nitrogens with one attached hydrogen (secondary N) is 1. The zero-order chi connectivity index (χ0) is 23.4. The minimum absolute atomic E-state index is 0.133. The van der Waals surface area contributed by atoms with Crippen molar-refractivity contribution in [1.82, 2.24) is 9.62 Å². The van der Waals surface area contributed by atoms with Crippen LogP contribution in [0.3, 0.4) is 0 Å². The number of carbonyl (C=O) groups is 2. The van der Waals surface area contributed by atoms with E-state index in [2.05, 4.69) is 0 Å². The van der Waals surface area contributed by atoms with Gasteiger partial charge in [0.05, 0.1) is 0 Å². The summed E-state index contributed by atoms with van der Waals surface area (Å²) in [5.41, 5.74) is -0.322. The molecule has 4 rings (SSSR count). The Bertz CT molecular complexity index is 1220. The summed E-state index contributed by atoms with van der Waals surface area (Å²) in [5.74, 6) is -2.13. The number of phenolic OH excluding ortho intramolecular Hbond substituents is 1. The molecule has 2 amide bonds. The van der Waals surface area contributed by atoms with Crippen molar-refractivity contribution in [3.63, 3.8) is 0 Å². The molecule has 0 atom stereocenters. The molecule has 0 aromatic heterocycles. The molecule has 0 unspecified atom stereocenters. The van der Waals surface area contributed by atoms with Crippen LogP contribution in [0.5, 0.6) is 5.75 Å². The average molecular weight is 466 g/mol. The second-order valence-corrected chi connectivity index (χ2v) is 10.7. The maximum absolute atomic E-state index is 15.3. The van der Waals surface area contributed by atoms with E-state index < -0.39 is 45.5 Å². The van der Waals surface area contributed by atoms with Crippen molar-refractivity contribution in [2.45, 2.75) is 32.8 Å². The van der Waals surface area contributed by atoms with E-state index in [-0.39, 0.29) is 17.4 Å². The lowest BCUT2D eigenvalue weighted by atomic mass is 9.91. The van der Waals surface area contributed by atoms with E-state index in [4.69, 9.17) is 4.74 Å². The summed E-state index contributed by atoms with van der Waals surface area (Å²) in [4.78, 5) is 25.2. The molecule has 2 N–H and O–H groups in total. The third-order valence-corrected chi connectivity index (χ3v) is 6.68. The Balaban J connectivity index is 1.55. The topological polar surface area (TPSA) is 116 Å². The molecular weight excluding hydrogens is 441 g/mol. The Kier molecular flexibility index (Phi) is 5.19. The Hall–Kier alpha value is -3.08. The van der Waals surface area contributed by atoms with Gasteiger partial charge in [-0.15, -0.1) is 0 Å². The van der Waals surface area contributed by atoms with Gasteiger partial charge in [0.2, 0.25) is 0 Å². The lowest BCUT2D eigenvalue weighted by Gasteiger charge is -2.40. The van der Waals surface area contributed by atoms with Gasteiger partial charge < -0.3 is 14.7 Å². The van der Waals surface area contributed by atoms with Crippen molar-refractivity contribution < 1.29 is 32.2 Å². The molecular formula is C21H24FN3O6S. The van der Waals surface area contributed by atoms with E-state index in [1.165, 1.54) is 6.07 Å². The maximum atomic E-state index is 15.3. The molecule has 2 aromatic carbocycles. The van der Waals surface area contributed by atoms with Crippen molar-refractivity contribution >= 4 is 38.7 Å². The van der Waals surface area contributed by atoms with Crippen LogP contribution < -0.4 is 9.03 Å². The van der Waals surface area contributed by atoms with E-state index in [1.54, 1.807) is 48.6 Å². The van der Waals surface area contributed by atoms with Gasteiger partial charge in [-0.25, -0.2) is 18.2 Å². The summed E-state index contributed by atoms with van der Waals surface area (Å²) in [6.07, 6.45) is 0.223. The largest absolute Gasteiger partial charge is 0.506 e. The molecule has 2 fully saturated rings.